The van der Waals surface area contributed by atoms with Crippen molar-refractivity contribution in [1.29, 1.82) is 0 Å². The Bertz CT molecular complexity index is 454. The molecule has 2 rings (SSSR count). The zero-order chi connectivity index (χ0) is 13.1. The topological polar surface area (TPSA) is 53.4 Å². The van der Waals surface area contributed by atoms with Crippen LogP contribution in [0.5, 0.6) is 0 Å². The van der Waals surface area contributed by atoms with Crippen molar-refractivity contribution in [3.63, 3.8) is 0 Å². The molecule has 4 nitrogen and oxygen atoms in total. The predicted molar refractivity (Wildman–Crippen MR) is 70.0 cm³/mol. The number of amides is 1. The number of likely N-dealkylation sites (tertiary alicyclic amines) is 1. The second-order valence-corrected chi connectivity index (χ2v) is 5.20. The van der Waals surface area contributed by atoms with Crippen LogP contribution >= 0.6 is 23.2 Å². The molecule has 1 fully saturated rings. The van der Waals surface area contributed by atoms with E-state index in [9.17, 15) is 4.79 Å². The van der Waals surface area contributed by atoms with Gasteiger partial charge in [-0.25, -0.2) is 4.98 Å². The van der Waals surface area contributed by atoms with Crippen LogP contribution in [0.3, 0.4) is 0 Å². The summed E-state index contributed by atoms with van der Waals surface area (Å²) in [5.74, 6) is 0.0534. The molecule has 0 aliphatic carbocycles. The highest BCUT2D eigenvalue weighted by molar-refractivity contribution is 6.41. The molecule has 0 saturated carbocycles. The van der Waals surface area contributed by atoms with Gasteiger partial charge in [0.05, 0.1) is 10.6 Å². The molecular formula is C12H14Cl2N2O2. The van der Waals surface area contributed by atoms with Crippen LogP contribution < -0.4 is 0 Å². The van der Waals surface area contributed by atoms with E-state index >= 15 is 0 Å². The number of piperidine rings is 1. The van der Waals surface area contributed by atoms with Gasteiger partial charge in [0.25, 0.3) is 5.91 Å². The summed E-state index contributed by atoms with van der Waals surface area (Å²) in [6, 6.07) is 1.53. The summed E-state index contributed by atoms with van der Waals surface area (Å²) in [6.45, 7) is 1.40. The van der Waals surface area contributed by atoms with Crippen LogP contribution in [0.25, 0.3) is 0 Å². The second kappa shape index (κ2) is 5.87. The minimum atomic E-state index is -0.112. The van der Waals surface area contributed by atoms with Crippen molar-refractivity contribution < 1.29 is 9.90 Å². The summed E-state index contributed by atoms with van der Waals surface area (Å²) < 4.78 is 0. The van der Waals surface area contributed by atoms with Crippen molar-refractivity contribution in [2.45, 2.75) is 12.8 Å². The molecule has 1 aromatic rings. The van der Waals surface area contributed by atoms with Crippen molar-refractivity contribution in [3.8, 4) is 0 Å². The Hall–Kier alpha value is -0.840. The van der Waals surface area contributed by atoms with Gasteiger partial charge in [0, 0.05) is 25.9 Å². The monoisotopic (exact) mass is 288 g/mol. The van der Waals surface area contributed by atoms with Crippen molar-refractivity contribution in [2.24, 2.45) is 5.92 Å². The number of hydrogen-bond acceptors (Lipinski definition) is 3. The van der Waals surface area contributed by atoms with Crippen molar-refractivity contribution in [1.82, 2.24) is 9.88 Å². The molecule has 1 aliphatic heterocycles. The molecule has 1 aliphatic rings. The van der Waals surface area contributed by atoms with E-state index in [2.05, 4.69) is 4.98 Å². The Kier molecular flexibility index (Phi) is 4.43. The number of hydrogen-bond donors (Lipinski definition) is 1. The number of halogens is 2. The zero-order valence-corrected chi connectivity index (χ0v) is 11.3. The van der Waals surface area contributed by atoms with Crippen LogP contribution in [0.2, 0.25) is 10.2 Å². The van der Waals surface area contributed by atoms with Gasteiger partial charge < -0.3 is 10.0 Å². The molecule has 2 heterocycles. The Balaban J connectivity index is 2.12. The van der Waals surface area contributed by atoms with E-state index in [0.29, 0.717) is 18.7 Å². The van der Waals surface area contributed by atoms with Gasteiger partial charge in [-0.05, 0) is 24.8 Å². The number of nitrogens with zero attached hydrogens (tertiary/aromatic N) is 2. The lowest BCUT2D eigenvalue weighted by Crippen LogP contribution is -2.41. The number of pyridine rings is 1. The third-order valence-electron chi connectivity index (χ3n) is 3.11. The van der Waals surface area contributed by atoms with E-state index in [0.717, 1.165) is 12.8 Å². The van der Waals surface area contributed by atoms with Gasteiger partial charge in [-0.3, -0.25) is 4.79 Å². The molecule has 0 spiro atoms. The maximum Gasteiger partial charge on any atom is 0.255 e. The van der Waals surface area contributed by atoms with Crippen LogP contribution in [-0.4, -0.2) is 40.6 Å². The first-order chi connectivity index (χ1) is 8.61. The standard InChI is InChI=1S/C12H14Cl2N2O2/c13-10-4-9(5-15-11(10)14)12(18)16-3-1-2-8(6-16)7-17/h4-5,8,17H,1-3,6-7H2. The number of carbonyl (C=O) groups excluding carboxylic acids is 1. The van der Waals surface area contributed by atoms with E-state index < -0.39 is 0 Å². The lowest BCUT2D eigenvalue weighted by atomic mass is 9.98. The molecule has 6 heteroatoms. The molecule has 1 N–H and O–H groups in total. The van der Waals surface area contributed by atoms with E-state index in [-0.39, 0.29) is 28.6 Å². The average Bonchev–Trinajstić information content (AvgIpc) is 2.41. The van der Waals surface area contributed by atoms with Crippen LogP contribution in [0.4, 0.5) is 0 Å². The molecule has 1 atom stereocenters. The van der Waals surface area contributed by atoms with Gasteiger partial charge in [0.15, 0.2) is 0 Å². The second-order valence-electron chi connectivity index (χ2n) is 4.44. The molecule has 1 unspecified atom stereocenters. The van der Waals surface area contributed by atoms with Crippen molar-refractivity contribution in [2.75, 3.05) is 19.7 Å². The minimum absolute atomic E-state index is 0.112. The van der Waals surface area contributed by atoms with Crippen molar-refractivity contribution in [3.05, 3.63) is 28.0 Å². The largest absolute Gasteiger partial charge is 0.396 e. The molecule has 18 heavy (non-hydrogen) atoms. The molecule has 0 radical (unpaired) electrons. The van der Waals surface area contributed by atoms with Gasteiger partial charge in [0.2, 0.25) is 0 Å². The van der Waals surface area contributed by atoms with E-state index in [4.69, 9.17) is 28.3 Å². The SMILES string of the molecule is O=C(c1cnc(Cl)c(Cl)c1)N1CCCC(CO)C1. The molecule has 1 amide bonds. The summed E-state index contributed by atoms with van der Waals surface area (Å²) in [7, 11) is 0. The summed E-state index contributed by atoms with van der Waals surface area (Å²) in [6.07, 6.45) is 3.30. The van der Waals surface area contributed by atoms with Gasteiger partial charge in [0.1, 0.15) is 5.15 Å². The fraction of sp³-hybridized carbons (Fsp3) is 0.500. The van der Waals surface area contributed by atoms with Gasteiger partial charge in [-0.2, -0.15) is 0 Å². The Morgan fingerprint density at radius 1 is 1.56 bits per heavy atom. The summed E-state index contributed by atoms with van der Waals surface area (Å²) in [4.78, 5) is 17.8. The number of carbonyl (C=O) groups is 1. The summed E-state index contributed by atoms with van der Waals surface area (Å²) in [5, 5.41) is 9.62. The smallest absolute Gasteiger partial charge is 0.255 e. The number of aromatic nitrogens is 1. The normalized spacial score (nSPS) is 19.9. The molecule has 1 aromatic heterocycles. The molecule has 98 valence electrons. The first-order valence-electron chi connectivity index (χ1n) is 5.83. The first kappa shape index (κ1) is 13.6. The average molecular weight is 289 g/mol. The fourth-order valence-electron chi connectivity index (χ4n) is 2.12. The van der Waals surface area contributed by atoms with E-state index in [1.807, 2.05) is 0 Å². The quantitative estimate of drug-likeness (QED) is 0.849. The highest BCUT2D eigenvalue weighted by atomic mass is 35.5. The lowest BCUT2D eigenvalue weighted by Gasteiger charge is -2.31. The van der Waals surface area contributed by atoms with Gasteiger partial charge in [-0.1, -0.05) is 23.2 Å². The maximum atomic E-state index is 12.2. The third kappa shape index (κ3) is 2.94. The molecule has 0 bridgehead atoms. The van der Waals surface area contributed by atoms with Crippen LogP contribution in [0.1, 0.15) is 23.2 Å². The molecular weight excluding hydrogens is 275 g/mol. The molecule has 1 saturated heterocycles. The van der Waals surface area contributed by atoms with E-state index in [1.54, 1.807) is 4.90 Å². The fourth-order valence-corrected chi connectivity index (χ4v) is 2.39. The maximum absolute atomic E-state index is 12.2. The van der Waals surface area contributed by atoms with Gasteiger partial charge in [-0.15, -0.1) is 0 Å². The van der Waals surface area contributed by atoms with Crippen LogP contribution in [0, 0.1) is 5.92 Å². The minimum Gasteiger partial charge on any atom is -0.396 e. The predicted octanol–water partition coefficient (Wildman–Crippen LogP) is 2.23. The molecule has 0 aromatic carbocycles. The van der Waals surface area contributed by atoms with E-state index in [1.165, 1.54) is 12.3 Å². The zero-order valence-electron chi connectivity index (χ0n) is 9.77. The van der Waals surface area contributed by atoms with Gasteiger partial charge >= 0.3 is 0 Å². The number of rotatable bonds is 2. The Morgan fingerprint density at radius 2 is 2.33 bits per heavy atom. The highest BCUT2D eigenvalue weighted by Gasteiger charge is 2.24. The lowest BCUT2D eigenvalue weighted by molar-refractivity contribution is 0.0620. The van der Waals surface area contributed by atoms with Crippen molar-refractivity contribution >= 4 is 29.1 Å². The summed E-state index contributed by atoms with van der Waals surface area (Å²) in [5.41, 5.74) is 0.433. The van der Waals surface area contributed by atoms with Crippen LogP contribution in [0.15, 0.2) is 12.3 Å². The van der Waals surface area contributed by atoms with Crippen LogP contribution in [-0.2, 0) is 0 Å². The number of aliphatic hydroxyl groups excluding tert-OH is 1. The Labute approximate surface area is 116 Å². The third-order valence-corrected chi connectivity index (χ3v) is 3.79. The Morgan fingerprint density at radius 3 is 3.00 bits per heavy atom. The highest BCUT2D eigenvalue weighted by Crippen LogP contribution is 2.22. The number of aliphatic hydroxyl groups is 1. The first-order valence-corrected chi connectivity index (χ1v) is 6.58. The summed E-state index contributed by atoms with van der Waals surface area (Å²) >= 11 is 11.6.